The number of hydrogen-bond donors (Lipinski definition) is 2. The van der Waals surface area contributed by atoms with E-state index in [1.165, 1.54) is 0 Å². The summed E-state index contributed by atoms with van der Waals surface area (Å²) in [7, 11) is 0. The summed E-state index contributed by atoms with van der Waals surface area (Å²) in [4.78, 5) is 40.3. The van der Waals surface area contributed by atoms with Crippen LogP contribution in [0.15, 0.2) is 18.3 Å². The number of carbonyl (C=O) groups is 3. The molecule has 2 aliphatic rings. The first-order valence-electron chi connectivity index (χ1n) is 7.32. The number of hydrogen-bond acceptors (Lipinski definition) is 5. The van der Waals surface area contributed by atoms with Crippen LogP contribution in [0, 0.1) is 5.92 Å². The van der Waals surface area contributed by atoms with Gasteiger partial charge in [-0.1, -0.05) is 6.07 Å². The monoisotopic (exact) mass is 303 g/mol. The highest BCUT2D eigenvalue weighted by atomic mass is 16.4. The molecule has 3 heterocycles. The SMILES string of the molecule is O=C1CC[C@H](c2ccc(N3CC[C@@H](C(=O)O)C3)nc2)C(=O)N1. The zero-order chi connectivity index (χ0) is 15.7. The maximum atomic E-state index is 11.8. The number of carboxylic acids is 1. The number of nitrogens with zero attached hydrogens (tertiary/aromatic N) is 2. The quantitative estimate of drug-likeness (QED) is 0.789. The molecular weight excluding hydrogens is 286 g/mol. The van der Waals surface area contributed by atoms with E-state index < -0.39 is 5.97 Å². The van der Waals surface area contributed by atoms with Crippen LogP contribution in [0.2, 0.25) is 0 Å². The van der Waals surface area contributed by atoms with Crippen LogP contribution in [-0.2, 0) is 14.4 Å². The molecule has 2 N–H and O–H groups in total. The number of imide groups is 1. The average molecular weight is 303 g/mol. The Morgan fingerprint density at radius 1 is 1.32 bits per heavy atom. The van der Waals surface area contributed by atoms with Crippen LogP contribution >= 0.6 is 0 Å². The Morgan fingerprint density at radius 3 is 2.73 bits per heavy atom. The van der Waals surface area contributed by atoms with Gasteiger partial charge in [-0.15, -0.1) is 0 Å². The summed E-state index contributed by atoms with van der Waals surface area (Å²) in [5.74, 6) is -1.26. The Hall–Kier alpha value is -2.44. The van der Waals surface area contributed by atoms with E-state index in [1.807, 2.05) is 17.0 Å². The fourth-order valence-corrected chi connectivity index (χ4v) is 2.97. The molecule has 3 rings (SSSR count). The van der Waals surface area contributed by atoms with E-state index in [0.29, 0.717) is 32.4 Å². The number of pyridine rings is 1. The molecule has 1 aromatic rings. The van der Waals surface area contributed by atoms with E-state index in [0.717, 1.165) is 11.4 Å². The lowest BCUT2D eigenvalue weighted by molar-refractivity contribution is -0.141. The summed E-state index contributed by atoms with van der Waals surface area (Å²) >= 11 is 0. The molecule has 22 heavy (non-hydrogen) atoms. The number of nitrogens with one attached hydrogen (secondary N) is 1. The van der Waals surface area contributed by atoms with Crippen molar-refractivity contribution in [2.45, 2.75) is 25.2 Å². The molecule has 2 aliphatic heterocycles. The average Bonchev–Trinajstić information content (AvgIpc) is 2.98. The minimum Gasteiger partial charge on any atom is -0.481 e. The van der Waals surface area contributed by atoms with Crippen LogP contribution in [0.4, 0.5) is 5.82 Å². The van der Waals surface area contributed by atoms with Gasteiger partial charge < -0.3 is 10.0 Å². The van der Waals surface area contributed by atoms with Gasteiger partial charge in [-0.05, 0) is 24.5 Å². The van der Waals surface area contributed by atoms with Gasteiger partial charge in [-0.25, -0.2) is 4.98 Å². The Balaban J connectivity index is 1.69. The van der Waals surface area contributed by atoms with Crippen molar-refractivity contribution in [1.82, 2.24) is 10.3 Å². The zero-order valence-corrected chi connectivity index (χ0v) is 12.0. The van der Waals surface area contributed by atoms with Gasteiger partial charge in [0.15, 0.2) is 0 Å². The van der Waals surface area contributed by atoms with E-state index in [9.17, 15) is 14.4 Å². The van der Waals surface area contributed by atoms with E-state index in [2.05, 4.69) is 10.3 Å². The normalized spacial score (nSPS) is 25.2. The van der Waals surface area contributed by atoms with Crippen LogP contribution in [0.25, 0.3) is 0 Å². The molecule has 1 aromatic heterocycles. The standard InChI is InChI=1S/C15H17N3O4/c19-13-4-2-11(14(20)17-13)9-1-3-12(16-7-9)18-6-5-10(8-18)15(21)22/h1,3,7,10-11H,2,4-6,8H2,(H,21,22)(H,17,19,20)/t10-,11-/m1/s1. The predicted octanol–water partition coefficient (Wildman–Crippen LogP) is 0.513. The van der Waals surface area contributed by atoms with Crippen molar-refractivity contribution in [2.24, 2.45) is 5.92 Å². The second kappa shape index (κ2) is 5.75. The fraction of sp³-hybridized carbons (Fsp3) is 0.467. The van der Waals surface area contributed by atoms with Gasteiger partial charge in [0.1, 0.15) is 5.82 Å². The van der Waals surface area contributed by atoms with Crippen molar-refractivity contribution in [3.8, 4) is 0 Å². The molecule has 0 saturated carbocycles. The van der Waals surface area contributed by atoms with E-state index >= 15 is 0 Å². The minimum atomic E-state index is -0.775. The second-order valence-corrected chi connectivity index (χ2v) is 5.72. The molecule has 7 heteroatoms. The molecule has 2 fully saturated rings. The van der Waals surface area contributed by atoms with Crippen molar-refractivity contribution < 1.29 is 19.5 Å². The fourth-order valence-electron chi connectivity index (χ4n) is 2.97. The van der Waals surface area contributed by atoms with Crippen molar-refractivity contribution in [1.29, 1.82) is 0 Å². The van der Waals surface area contributed by atoms with Gasteiger partial charge in [-0.2, -0.15) is 0 Å². The van der Waals surface area contributed by atoms with Crippen LogP contribution in [0.1, 0.15) is 30.7 Å². The predicted molar refractivity (Wildman–Crippen MR) is 77.3 cm³/mol. The highest BCUT2D eigenvalue weighted by Crippen LogP contribution is 2.27. The third-order valence-electron chi connectivity index (χ3n) is 4.27. The molecule has 2 saturated heterocycles. The number of amides is 2. The molecule has 0 aromatic carbocycles. The van der Waals surface area contributed by atoms with Crippen LogP contribution in [0.5, 0.6) is 0 Å². The van der Waals surface area contributed by atoms with Gasteiger partial charge in [-0.3, -0.25) is 19.7 Å². The summed E-state index contributed by atoms with van der Waals surface area (Å²) < 4.78 is 0. The number of rotatable bonds is 3. The summed E-state index contributed by atoms with van der Waals surface area (Å²) in [5, 5.41) is 11.4. The number of carboxylic acid groups (broad SMARTS) is 1. The summed E-state index contributed by atoms with van der Waals surface area (Å²) in [6.07, 6.45) is 3.09. The van der Waals surface area contributed by atoms with Crippen molar-refractivity contribution >= 4 is 23.6 Å². The first-order chi connectivity index (χ1) is 10.5. The Morgan fingerprint density at radius 2 is 2.14 bits per heavy atom. The van der Waals surface area contributed by atoms with Crippen LogP contribution in [-0.4, -0.2) is 41.0 Å². The summed E-state index contributed by atoms with van der Waals surface area (Å²) in [5.41, 5.74) is 0.780. The number of anilines is 1. The number of piperidine rings is 1. The molecular formula is C15H17N3O4. The van der Waals surface area contributed by atoms with E-state index in [1.54, 1.807) is 6.20 Å². The molecule has 116 valence electrons. The highest BCUT2D eigenvalue weighted by molar-refractivity contribution is 6.00. The van der Waals surface area contributed by atoms with Gasteiger partial charge in [0.05, 0.1) is 11.8 Å². The van der Waals surface area contributed by atoms with Crippen LogP contribution < -0.4 is 10.2 Å². The van der Waals surface area contributed by atoms with Gasteiger partial charge in [0.2, 0.25) is 11.8 Å². The Kier molecular flexibility index (Phi) is 3.79. The van der Waals surface area contributed by atoms with Crippen LogP contribution in [0.3, 0.4) is 0 Å². The largest absolute Gasteiger partial charge is 0.481 e. The van der Waals surface area contributed by atoms with Gasteiger partial charge in [0, 0.05) is 25.7 Å². The van der Waals surface area contributed by atoms with E-state index in [-0.39, 0.29) is 23.7 Å². The molecule has 0 unspecified atom stereocenters. The third-order valence-corrected chi connectivity index (χ3v) is 4.27. The van der Waals surface area contributed by atoms with Crippen molar-refractivity contribution in [3.05, 3.63) is 23.9 Å². The molecule has 7 nitrogen and oxygen atoms in total. The molecule has 0 spiro atoms. The number of aromatic nitrogens is 1. The summed E-state index contributed by atoms with van der Waals surface area (Å²) in [6.45, 7) is 1.13. The first kappa shape index (κ1) is 14.5. The minimum absolute atomic E-state index is 0.234. The topological polar surface area (TPSA) is 99.6 Å². The Labute approximate surface area is 127 Å². The number of aliphatic carboxylic acids is 1. The molecule has 0 bridgehead atoms. The van der Waals surface area contributed by atoms with Crippen molar-refractivity contribution in [3.63, 3.8) is 0 Å². The molecule has 2 amide bonds. The lowest BCUT2D eigenvalue weighted by atomic mass is 9.92. The lowest BCUT2D eigenvalue weighted by Crippen LogP contribution is -2.39. The zero-order valence-electron chi connectivity index (χ0n) is 12.0. The maximum Gasteiger partial charge on any atom is 0.308 e. The second-order valence-electron chi connectivity index (χ2n) is 5.72. The lowest BCUT2D eigenvalue weighted by Gasteiger charge is -2.22. The van der Waals surface area contributed by atoms with Crippen molar-refractivity contribution in [2.75, 3.05) is 18.0 Å². The molecule has 2 atom stereocenters. The van der Waals surface area contributed by atoms with E-state index in [4.69, 9.17) is 5.11 Å². The smallest absolute Gasteiger partial charge is 0.308 e. The number of carbonyl (C=O) groups excluding carboxylic acids is 2. The molecule has 0 aliphatic carbocycles. The Bertz CT molecular complexity index is 614. The summed E-state index contributed by atoms with van der Waals surface area (Å²) in [6, 6.07) is 3.64. The van der Waals surface area contributed by atoms with Gasteiger partial charge in [0.25, 0.3) is 0 Å². The third kappa shape index (κ3) is 2.79. The van der Waals surface area contributed by atoms with Gasteiger partial charge >= 0.3 is 5.97 Å². The highest BCUT2D eigenvalue weighted by Gasteiger charge is 2.30. The maximum absolute atomic E-state index is 11.8. The molecule has 0 radical (unpaired) electrons. The first-order valence-corrected chi connectivity index (χ1v) is 7.32.